The Labute approximate surface area is 200 Å². The van der Waals surface area contributed by atoms with Crippen LogP contribution in [0.25, 0.3) is 0 Å². The SMILES string of the molecule is CC12CCC(C(=O)Nc3cccc(C(F)(F)F)c3)(CC1=NOC(=O)c1ccc(Cl)cc1)C2(C)C. The van der Waals surface area contributed by atoms with Gasteiger partial charge in [-0.1, -0.05) is 43.6 Å². The predicted molar refractivity (Wildman–Crippen MR) is 123 cm³/mol. The number of nitrogens with one attached hydrogen (secondary N) is 1. The molecule has 0 heterocycles. The van der Waals surface area contributed by atoms with Gasteiger partial charge in [-0.2, -0.15) is 13.2 Å². The van der Waals surface area contributed by atoms with E-state index in [1.165, 1.54) is 24.3 Å². The Hall–Kier alpha value is -2.87. The third-order valence-electron chi connectivity index (χ3n) is 7.93. The molecule has 0 spiro atoms. The van der Waals surface area contributed by atoms with Gasteiger partial charge in [0.15, 0.2) is 0 Å². The molecule has 2 unspecified atom stereocenters. The highest BCUT2D eigenvalue weighted by atomic mass is 35.5. The van der Waals surface area contributed by atoms with Crippen molar-refractivity contribution in [3.8, 4) is 0 Å². The Balaban J connectivity index is 1.58. The van der Waals surface area contributed by atoms with Crippen molar-refractivity contribution in [1.82, 2.24) is 0 Å². The highest BCUT2D eigenvalue weighted by Gasteiger charge is 2.71. The second-order valence-corrected chi connectivity index (χ2v) is 10.1. The number of hydrogen-bond acceptors (Lipinski definition) is 4. The summed E-state index contributed by atoms with van der Waals surface area (Å²) in [7, 11) is 0. The molecule has 2 aliphatic carbocycles. The molecule has 34 heavy (non-hydrogen) atoms. The molecule has 180 valence electrons. The smallest absolute Gasteiger partial charge is 0.326 e. The van der Waals surface area contributed by atoms with Crippen LogP contribution >= 0.6 is 11.6 Å². The number of fused-ring (bicyclic) bond motifs is 2. The molecule has 2 fully saturated rings. The number of halogens is 4. The molecular weight excluding hydrogens is 469 g/mol. The van der Waals surface area contributed by atoms with Gasteiger partial charge in [0.25, 0.3) is 0 Å². The molecule has 2 aliphatic rings. The summed E-state index contributed by atoms with van der Waals surface area (Å²) in [5.41, 5.74) is -1.86. The van der Waals surface area contributed by atoms with Crippen LogP contribution in [-0.2, 0) is 15.8 Å². The fourth-order valence-corrected chi connectivity index (χ4v) is 5.41. The fraction of sp³-hybridized carbons (Fsp3) is 0.400. The van der Waals surface area contributed by atoms with Gasteiger partial charge >= 0.3 is 12.1 Å². The summed E-state index contributed by atoms with van der Waals surface area (Å²) in [5.74, 6) is -1.01. The molecule has 0 aromatic heterocycles. The summed E-state index contributed by atoms with van der Waals surface area (Å²) in [6.45, 7) is 5.89. The predicted octanol–water partition coefficient (Wildman–Crippen LogP) is 6.73. The van der Waals surface area contributed by atoms with Crippen molar-refractivity contribution in [1.29, 1.82) is 0 Å². The van der Waals surface area contributed by atoms with Crippen LogP contribution < -0.4 is 5.32 Å². The number of hydrogen-bond donors (Lipinski definition) is 1. The average molecular weight is 493 g/mol. The third-order valence-corrected chi connectivity index (χ3v) is 8.19. The number of carbonyl (C=O) groups is 2. The molecule has 5 nitrogen and oxygen atoms in total. The van der Waals surface area contributed by atoms with Crippen molar-refractivity contribution < 1.29 is 27.6 Å². The van der Waals surface area contributed by atoms with Gasteiger partial charge < -0.3 is 10.2 Å². The van der Waals surface area contributed by atoms with E-state index in [9.17, 15) is 22.8 Å². The lowest BCUT2D eigenvalue weighted by Crippen LogP contribution is -2.43. The lowest BCUT2D eigenvalue weighted by Gasteiger charge is -2.39. The lowest BCUT2D eigenvalue weighted by molar-refractivity contribution is -0.137. The minimum Gasteiger partial charge on any atom is -0.326 e. The minimum absolute atomic E-state index is 0.0816. The van der Waals surface area contributed by atoms with E-state index in [4.69, 9.17) is 16.4 Å². The highest BCUT2D eigenvalue weighted by Crippen LogP contribution is 2.71. The number of amides is 1. The lowest BCUT2D eigenvalue weighted by atomic mass is 9.64. The summed E-state index contributed by atoms with van der Waals surface area (Å²) in [4.78, 5) is 31.1. The molecule has 0 radical (unpaired) electrons. The molecule has 2 saturated carbocycles. The van der Waals surface area contributed by atoms with E-state index >= 15 is 0 Å². The zero-order valence-corrected chi connectivity index (χ0v) is 19.7. The van der Waals surface area contributed by atoms with Gasteiger partial charge in [0.05, 0.1) is 22.3 Å². The van der Waals surface area contributed by atoms with Crippen LogP contribution in [0, 0.1) is 16.2 Å². The van der Waals surface area contributed by atoms with Crippen molar-refractivity contribution in [3.05, 3.63) is 64.7 Å². The molecule has 1 N–H and O–H groups in total. The number of rotatable bonds is 4. The molecular formula is C25H24ClF3N2O3. The Kier molecular flexibility index (Phi) is 5.79. The molecule has 1 amide bonds. The van der Waals surface area contributed by atoms with Crippen LogP contribution in [0.1, 0.15) is 56.0 Å². The van der Waals surface area contributed by atoms with Gasteiger partial charge in [-0.3, -0.25) is 4.79 Å². The van der Waals surface area contributed by atoms with E-state index in [1.54, 1.807) is 12.1 Å². The summed E-state index contributed by atoms with van der Waals surface area (Å²) in [5, 5.41) is 7.33. The zero-order chi connectivity index (χ0) is 24.9. The second-order valence-electron chi connectivity index (χ2n) is 9.67. The van der Waals surface area contributed by atoms with Gasteiger partial charge in [-0.05, 0) is 60.7 Å². The van der Waals surface area contributed by atoms with Crippen molar-refractivity contribution in [2.75, 3.05) is 5.32 Å². The Bertz CT molecular complexity index is 1180. The van der Waals surface area contributed by atoms with Gasteiger partial charge in [-0.15, -0.1) is 0 Å². The number of oxime groups is 1. The highest BCUT2D eigenvalue weighted by molar-refractivity contribution is 6.30. The van der Waals surface area contributed by atoms with Crippen LogP contribution in [0.5, 0.6) is 0 Å². The number of benzene rings is 2. The maximum absolute atomic E-state index is 13.5. The van der Waals surface area contributed by atoms with Crippen molar-refractivity contribution in [2.24, 2.45) is 21.4 Å². The van der Waals surface area contributed by atoms with Gasteiger partial charge in [0.2, 0.25) is 5.91 Å². The first-order valence-electron chi connectivity index (χ1n) is 10.8. The van der Waals surface area contributed by atoms with E-state index in [-0.39, 0.29) is 18.0 Å². The van der Waals surface area contributed by atoms with Crippen LogP contribution in [0.2, 0.25) is 5.02 Å². The minimum atomic E-state index is -4.51. The Morgan fingerprint density at radius 1 is 1.06 bits per heavy atom. The summed E-state index contributed by atoms with van der Waals surface area (Å²) >= 11 is 5.85. The third kappa shape index (κ3) is 3.78. The molecule has 4 rings (SSSR count). The van der Waals surface area contributed by atoms with E-state index in [2.05, 4.69) is 10.5 Å². The quantitative estimate of drug-likeness (QED) is 0.380. The maximum Gasteiger partial charge on any atom is 0.416 e. The number of carbonyl (C=O) groups excluding carboxylic acids is 2. The van der Waals surface area contributed by atoms with E-state index in [0.29, 0.717) is 29.1 Å². The number of alkyl halides is 3. The topological polar surface area (TPSA) is 67.8 Å². The summed E-state index contributed by atoms with van der Waals surface area (Å²) in [6, 6.07) is 10.8. The molecule has 9 heteroatoms. The Morgan fingerprint density at radius 3 is 2.38 bits per heavy atom. The maximum atomic E-state index is 13.5. The van der Waals surface area contributed by atoms with Crippen molar-refractivity contribution in [2.45, 2.75) is 46.2 Å². The van der Waals surface area contributed by atoms with Gasteiger partial charge in [0.1, 0.15) is 0 Å². The Morgan fingerprint density at radius 2 is 1.74 bits per heavy atom. The van der Waals surface area contributed by atoms with E-state index < -0.39 is 34.0 Å². The average Bonchev–Trinajstić information content (AvgIpc) is 3.08. The first kappa shape index (κ1) is 24.3. The van der Waals surface area contributed by atoms with Crippen molar-refractivity contribution in [3.63, 3.8) is 0 Å². The summed E-state index contributed by atoms with van der Waals surface area (Å²) in [6.07, 6.45) is -3.08. The van der Waals surface area contributed by atoms with Gasteiger partial charge in [-0.25, -0.2) is 4.79 Å². The first-order chi connectivity index (χ1) is 15.8. The molecule has 0 aliphatic heterocycles. The second kappa shape index (κ2) is 8.12. The molecule has 0 saturated heterocycles. The zero-order valence-electron chi connectivity index (χ0n) is 18.9. The largest absolute Gasteiger partial charge is 0.416 e. The normalized spacial score (nSPS) is 26.5. The summed E-state index contributed by atoms with van der Waals surface area (Å²) < 4.78 is 39.3. The van der Waals surface area contributed by atoms with E-state index in [1.807, 2.05) is 20.8 Å². The fourth-order valence-electron chi connectivity index (χ4n) is 5.28. The van der Waals surface area contributed by atoms with E-state index in [0.717, 1.165) is 12.1 Å². The van der Waals surface area contributed by atoms with Crippen molar-refractivity contribution >= 4 is 34.9 Å². The number of anilines is 1. The molecule has 2 bridgehead atoms. The van der Waals surface area contributed by atoms with Gasteiger partial charge in [0, 0.05) is 22.5 Å². The van der Waals surface area contributed by atoms with Crippen LogP contribution in [0.3, 0.4) is 0 Å². The molecule has 2 aromatic carbocycles. The standard InChI is InChI=1S/C25H24ClF3N2O3/c1-22(2)23(3)11-12-24(22,21(33)30-18-6-4-5-16(13-18)25(27,28)29)14-19(23)31-34-20(32)15-7-9-17(26)10-8-15/h4-10,13H,11-12,14H2,1-3H3,(H,30,33). The molecule has 2 aromatic rings. The monoisotopic (exact) mass is 492 g/mol. The van der Waals surface area contributed by atoms with Crippen LogP contribution in [0.15, 0.2) is 53.7 Å². The van der Waals surface area contributed by atoms with Crippen LogP contribution in [0.4, 0.5) is 18.9 Å². The molecule has 2 atom stereocenters. The van der Waals surface area contributed by atoms with Crippen LogP contribution in [-0.4, -0.2) is 17.6 Å². The number of nitrogens with zero attached hydrogens (tertiary/aromatic N) is 1. The first-order valence-corrected chi connectivity index (χ1v) is 11.2.